The summed E-state index contributed by atoms with van der Waals surface area (Å²) in [4.78, 5) is 50.3. The second kappa shape index (κ2) is 14.3. The van der Waals surface area contributed by atoms with Crippen LogP contribution in [-0.4, -0.2) is 96.3 Å². The van der Waals surface area contributed by atoms with Crippen LogP contribution < -0.4 is 40.6 Å². The van der Waals surface area contributed by atoms with Crippen LogP contribution in [0.4, 0.5) is 9.52 Å². The van der Waals surface area contributed by atoms with Crippen molar-refractivity contribution >= 4 is 51.7 Å². The second-order valence-electron chi connectivity index (χ2n) is 10.2. The Labute approximate surface area is 305 Å². The molecular formula is C27H23FN9NaO9S2. The Morgan fingerprint density at radius 1 is 1.16 bits per heavy atom. The first kappa shape index (κ1) is 35.3. The number of amides is 2. The van der Waals surface area contributed by atoms with Crippen molar-refractivity contribution in [3.8, 4) is 34.4 Å². The summed E-state index contributed by atoms with van der Waals surface area (Å²) < 4.78 is 14.3. The molecule has 0 spiro atoms. The van der Waals surface area contributed by atoms with E-state index in [0.29, 0.717) is 11.1 Å². The third-order valence-corrected chi connectivity index (χ3v) is 9.10. The predicted octanol–water partition coefficient (Wildman–Crippen LogP) is -2.18. The number of phenolic OH excluding ortho intramolecular Hbond substituents is 4. The average molecular weight is 724 g/mol. The molecule has 6 rings (SSSR count). The number of carbonyl (C=O) groups is 3. The first-order chi connectivity index (χ1) is 22.9. The molecule has 2 atom stereocenters. The number of halogens is 1. The summed E-state index contributed by atoms with van der Waals surface area (Å²) in [6.45, 7) is -0.697. The molecule has 0 aliphatic carbocycles. The molecular weight excluding hydrogens is 700 g/mol. The number of tetrazole rings is 1. The first-order valence-electron chi connectivity index (χ1n) is 13.5. The topological polar surface area (TPSA) is 272 Å². The Balaban J connectivity index is 0.00000281. The van der Waals surface area contributed by atoms with E-state index in [2.05, 4.69) is 30.9 Å². The Hall–Kier alpha value is -4.96. The summed E-state index contributed by atoms with van der Waals surface area (Å²) in [5.41, 5.74) is 5.43. The number of benzene rings is 2. The van der Waals surface area contributed by atoms with Crippen LogP contribution in [0.15, 0.2) is 52.1 Å². The van der Waals surface area contributed by atoms with Gasteiger partial charge in [-0.1, -0.05) is 5.16 Å². The van der Waals surface area contributed by atoms with E-state index in [-0.39, 0.29) is 82.7 Å². The van der Waals surface area contributed by atoms with Crippen molar-refractivity contribution in [1.82, 2.24) is 35.4 Å². The van der Waals surface area contributed by atoms with E-state index in [1.165, 1.54) is 35.3 Å². The fourth-order valence-corrected chi connectivity index (χ4v) is 6.63. The van der Waals surface area contributed by atoms with Gasteiger partial charge in [-0.2, -0.15) is 4.80 Å². The van der Waals surface area contributed by atoms with Gasteiger partial charge in [0.15, 0.2) is 39.7 Å². The third-order valence-electron chi connectivity index (χ3n) is 7.09. The molecule has 8 N–H and O–H groups in total. The zero-order valence-corrected chi connectivity index (χ0v) is 28.6. The maximum atomic E-state index is 14.3. The van der Waals surface area contributed by atoms with Gasteiger partial charge < -0.3 is 42.8 Å². The van der Waals surface area contributed by atoms with E-state index in [0.717, 1.165) is 33.2 Å². The van der Waals surface area contributed by atoms with Crippen LogP contribution in [0.2, 0.25) is 0 Å². The summed E-state index contributed by atoms with van der Waals surface area (Å²) in [5, 5.41) is 67.4. The molecule has 2 amide bonds. The monoisotopic (exact) mass is 723 g/mol. The third kappa shape index (κ3) is 6.96. The first-order valence-corrected chi connectivity index (χ1v) is 15.5. The zero-order valence-electron chi connectivity index (χ0n) is 26.0. The molecule has 49 heavy (non-hydrogen) atoms. The molecule has 250 valence electrons. The number of nitrogens with two attached hydrogens (primary N) is 1. The van der Waals surface area contributed by atoms with E-state index in [9.17, 15) is 44.3 Å². The van der Waals surface area contributed by atoms with Crippen LogP contribution in [0.25, 0.3) is 11.4 Å². The van der Waals surface area contributed by atoms with Crippen molar-refractivity contribution in [3.05, 3.63) is 64.1 Å². The number of thiazole rings is 1. The molecule has 1 fully saturated rings. The van der Waals surface area contributed by atoms with Crippen molar-refractivity contribution in [2.45, 2.75) is 24.6 Å². The molecule has 18 nitrogen and oxygen atoms in total. The number of nitrogens with one attached hydrogen (secondary N) is 1. The van der Waals surface area contributed by atoms with Gasteiger partial charge in [0.1, 0.15) is 29.4 Å². The quantitative estimate of drug-likeness (QED) is 0.0301. The van der Waals surface area contributed by atoms with Crippen LogP contribution >= 0.6 is 23.1 Å². The number of rotatable bonds is 10. The predicted molar refractivity (Wildman–Crippen MR) is 165 cm³/mol. The number of oxime groups is 1. The van der Waals surface area contributed by atoms with E-state index in [4.69, 9.17) is 10.6 Å². The molecule has 4 aromatic rings. The van der Waals surface area contributed by atoms with Crippen molar-refractivity contribution in [2.75, 3.05) is 11.5 Å². The smallest absolute Gasteiger partial charge is 1.00 e. The molecule has 2 aromatic carbocycles. The Morgan fingerprint density at radius 2 is 1.92 bits per heavy atom. The average Bonchev–Trinajstić information content (AvgIpc) is 3.71. The minimum atomic E-state index is -1.39. The minimum absolute atomic E-state index is 0. The number of carboxylic acids is 1. The number of phenols is 4. The van der Waals surface area contributed by atoms with Crippen molar-refractivity contribution in [3.63, 3.8) is 0 Å². The number of hydrogen-bond acceptors (Lipinski definition) is 16. The molecule has 2 aliphatic heterocycles. The molecule has 0 radical (unpaired) electrons. The summed E-state index contributed by atoms with van der Waals surface area (Å²) in [5.74, 6) is -6.35. The number of aromatic nitrogens is 5. The molecule has 0 saturated carbocycles. The summed E-state index contributed by atoms with van der Waals surface area (Å²) in [6, 6.07) is 4.96. The van der Waals surface area contributed by atoms with E-state index in [1.54, 1.807) is 0 Å². The zero-order chi connectivity index (χ0) is 34.3. The fraction of sp³-hybridized carbons (Fsp3) is 0.185. The number of aromatic hydroxyl groups is 4. The van der Waals surface area contributed by atoms with Crippen molar-refractivity contribution < 1.29 is 80.1 Å². The Kier molecular flexibility index (Phi) is 10.3. The number of aliphatic carboxylic acids is 1. The van der Waals surface area contributed by atoms with Gasteiger partial charge in [-0.3, -0.25) is 14.5 Å². The number of hydrogen-bond donors (Lipinski definition) is 7. The Bertz CT molecular complexity index is 2050. The maximum absolute atomic E-state index is 14.3. The molecule has 0 bridgehead atoms. The molecule has 2 aromatic heterocycles. The summed E-state index contributed by atoms with van der Waals surface area (Å²) >= 11 is 2.17. The van der Waals surface area contributed by atoms with E-state index >= 15 is 0 Å². The second-order valence-corrected chi connectivity index (χ2v) is 12.2. The van der Waals surface area contributed by atoms with Crippen LogP contribution in [0.3, 0.4) is 0 Å². The van der Waals surface area contributed by atoms with Gasteiger partial charge in [0.25, 0.3) is 11.8 Å². The van der Waals surface area contributed by atoms with E-state index in [1.807, 2.05) is 0 Å². The van der Waals surface area contributed by atoms with Gasteiger partial charge in [-0.15, -0.1) is 33.3 Å². The number of thioether (sulfide) groups is 1. The SMILES string of the molecule is Nc1nc(C(=NOCc2ccc(O)c(O)c2F)C(=O)N[C@@H]2C(=O)N3C(C(=O)O)=C(Cn4nnc(-c5ccc(O)c(O)c5)n4)CS[C@H]23)cs1.[H-].[Na+]. The van der Waals surface area contributed by atoms with Gasteiger partial charge >= 0.3 is 35.5 Å². The summed E-state index contributed by atoms with van der Waals surface area (Å²) in [7, 11) is 0. The summed E-state index contributed by atoms with van der Waals surface area (Å²) in [6.07, 6.45) is 0. The minimum Gasteiger partial charge on any atom is -1.00 e. The largest absolute Gasteiger partial charge is 1.00 e. The number of nitrogens with zero attached hydrogens (tertiary/aromatic N) is 7. The number of fused-ring (bicyclic) bond motifs is 1. The van der Waals surface area contributed by atoms with Crippen molar-refractivity contribution in [1.29, 1.82) is 0 Å². The van der Waals surface area contributed by atoms with Gasteiger partial charge in [-0.05, 0) is 41.1 Å². The van der Waals surface area contributed by atoms with Crippen LogP contribution in [0, 0.1) is 5.82 Å². The van der Waals surface area contributed by atoms with E-state index < -0.39 is 58.8 Å². The Morgan fingerprint density at radius 3 is 2.61 bits per heavy atom. The van der Waals surface area contributed by atoms with Gasteiger partial charge in [0.05, 0.1) is 6.54 Å². The van der Waals surface area contributed by atoms with Gasteiger partial charge in [-0.25, -0.2) is 14.2 Å². The van der Waals surface area contributed by atoms with Gasteiger partial charge in [0.2, 0.25) is 5.82 Å². The standard InChI is InChI=1S/C27H22FN9O9S2.Na.H/c28-17-11(2-4-15(39)21(17)41)7-46-34-18(13-9-48-27(29)30-13)23(42)31-19-24(43)37-20(26(44)45)12(8-47-25(19)37)6-36-33-22(32-35-36)10-1-3-14(38)16(40)5-10;;/h1-5,9,19,25,38-41H,6-8H2,(H2,29,30)(H,31,42)(H,44,45);;/q;+1;-1/t19-,25-;;/m1../s1. The normalized spacial score (nSPS) is 17.2. The van der Waals surface area contributed by atoms with Crippen LogP contribution in [-0.2, 0) is 32.4 Å². The number of β-lactam (4-membered cyclic amide) rings is 1. The maximum Gasteiger partial charge on any atom is 1.00 e. The molecule has 22 heteroatoms. The number of nitrogen functional groups attached to an aromatic ring is 1. The molecule has 2 aliphatic rings. The van der Waals surface area contributed by atoms with Crippen molar-refractivity contribution in [2.24, 2.45) is 5.16 Å². The molecule has 4 heterocycles. The number of anilines is 1. The van der Waals surface area contributed by atoms with Crippen LogP contribution in [0.1, 0.15) is 12.7 Å². The number of carbonyl (C=O) groups excluding carboxylic acids is 2. The van der Waals surface area contributed by atoms with Gasteiger partial charge in [0, 0.05) is 22.3 Å². The van der Waals surface area contributed by atoms with Crippen LogP contribution in [0.5, 0.6) is 23.0 Å². The molecule has 1 saturated heterocycles. The fourth-order valence-electron chi connectivity index (χ4n) is 4.75. The number of carboxylic acid groups (broad SMARTS) is 1. The molecule has 0 unspecified atom stereocenters.